The topological polar surface area (TPSA) is 119 Å². The van der Waals surface area contributed by atoms with Crippen molar-refractivity contribution in [2.45, 2.75) is 38.6 Å². The second-order valence-electron chi connectivity index (χ2n) is 10.5. The number of esters is 1. The third-order valence-corrected chi connectivity index (χ3v) is 7.87. The van der Waals surface area contributed by atoms with Gasteiger partial charge in [-0.1, -0.05) is 67.5 Å². The van der Waals surface area contributed by atoms with Gasteiger partial charge in [0.25, 0.3) is 5.91 Å². The molecule has 1 aliphatic heterocycles. The van der Waals surface area contributed by atoms with Crippen LogP contribution in [0.25, 0.3) is 0 Å². The van der Waals surface area contributed by atoms with Gasteiger partial charge in [0.2, 0.25) is 11.8 Å². The summed E-state index contributed by atoms with van der Waals surface area (Å²) in [6.45, 7) is 4.61. The summed E-state index contributed by atoms with van der Waals surface area (Å²) in [6, 6.07) is 16.3. The van der Waals surface area contributed by atoms with E-state index in [2.05, 4.69) is 10.5 Å². The Kier molecular flexibility index (Phi) is 5.66. The lowest BCUT2D eigenvalue weighted by atomic mass is 9.55. The van der Waals surface area contributed by atoms with Gasteiger partial charge in [-0.2, -0.15) is 0 Å². The summed E-state index contributed by atoms with van der Waals surface area (Å²) in [7, 11) is 0. The van der Waals surface area contributed by atoms with Crippen LogP contribution in [0.5, 0.6) is 0 Å². The standard InChI is InChI=1S/C29H27N3O6/c1-14(2)26(29(36)37-13-21(33)30-20-12-15(3)38-31-20)32-27(34)24-22-16-8-4-5-9-17(16)23(25(24)28(32)35)19-11-7-6-10-18(19)22/h4-12,14,22-26H,13H2,1-3H3,(H,30,31,33)/t22?,23?,24-,25-,26-/m0/s1. The lowest BCUT2D eigenvalue weighted by Gasteiger charge is -2.45. The molecule has 194 valence electrons. The lowest BCUT2D eigenvalue weighted by molar-refractivity contribution is -0.162. The van der Waals surface area contributed by atoms with Crippen molar-refractivity contribution in [3.8, 4) is 0 Å². The summed E-state index contributed by atoms with van der Waals surface area (Å²) in [5, 5.41) is 6.17. The molecule has 9 heteroatoms. The number of ether oxygens (including phenoxy) is 1. The molecule has 2 aromatic carbocycles. The summed E-state index contributed by atoms with van der Waals surface area (Å²) >= 11 is 0. The summed E-state index contributed by atoms with van der Waals surface area (Å²) in [6.07, 6.45) is 0. The molecule has 3 atom stereocenters. The molecule has 0 spiro atoms. The first kappa shape index (κ1) is 24.1. The van der Waals surface area contributed by atoms with Crippen molar-refractivity contribution in [3.05, 3.63) is 82.6 Å². The Balaban J connectivity index is 1.28. The van der Waals surface area contributed by atoms with E-state index in [1.807, 2.05) is 48.5 Å². The van der Waals surface area contributed by atoms with Gasteiger partial charge in [-0.15, -0.1) is 0 Å². The monoisotopic (exact) mass is 513 g/mol. The van der Waals surface area contributed by atoms with E-state index in [4.69, 9.17) is 9.26 Å². The molecular formula is C29H27N3O6. The van der Waals surface area contributed by atoms with Crippen LogP contribution in [-0.4, -0.2) is 46.4 Å². The van der Waals surface area contributed by atoms with Gasteiger partial charge in [0.1, 0.15) is 11.8 Å². The van der Waals surface area contributed by atoms with E-state index in [1.165, 1.54) is 6.07 Å². The fraction of sp³-hybridized carbons (Fsp3) is 0.345. The van der Waals surface area contributed by atoms with Gasteiger partial charge in [0.05, 0.1) is 11.8 Å². The van der Waals surface area contributed by atoms with Crippen LogP contribution in [-0.2, 0) is 23.9 Å². The van der Waals surface area contributed by atoms with Gasteiger partial charge in [0, 0.05) is 17.9 Å². The van der Waals surface area contributed by atoms with Gasteiger partial charge < -0.3 is 14.6 Å². The molecule has 1 fully saturated rings. The van der Waals surface area contributed by atoms with E-state index in [-0.39, 0.29) is 29.5 Å². The second kappa shape index (κ2) is 8.93. The smallest absolute Gasteiger partial charge is 0.330 e. The van der Waals surface area contributed by atoms with E-state index < -0.39 is 42.3 Å². The molecule has 2 bridgehead atoms. The minimum atomic E-state index is -1.15. The van der Waals surface area contributed by atoms with Gasteiger partial charge in [0.15, 0.2) is 12.4 Å². The molecule has 0 radical (unpaired) electrons. The molecule has 9 nitrogen and oxygen atoms in total. The minimum absolute atomic E-state index is 0.201. The zero-order chi connectivity index (χ0) is 26.7. The first-order valence-electron chi connectivity index (χ1n) is 12.7. The number of aromatic nitrogens is 1. The Labute approximate surface area is 219 Å². The molecule has 1 aromatic heterocycles. The van der Waals surface area contributed by atoms with Crippen LogP contribution in [0.3, 0.4) is 0 Å². The van der Waals surface area contributed by atoms with Crippen molar-refractivity contribution >= 4 is 29.5 Å². The van der Waals surface area contributed by atoms with Crippen LogP contribution in [0.2, 0.25) is 0 Å². The Morgan fingerprint density at radius 3 is 1.87 bits per heavy atom. The predicted octanol–water partition coefficient (Wildman–Crippen LogP) is 3.38. The van der Waals surface area contributed by atoms with Crippen LogP contribution < -0.4 is 5.32 Å². The van der Waals surface area contributed by atoms with Crippen molar-refractivity contribution in [2.24, 2.45) is 17.8 Å². The third-order valence-electron chi connectivity index (χ3n) is 7.87. The maximum absolute atomic E-state index is 14.0. The van der Waals surface area contributed by atoms with E-state index in [9.17, 15) is 19.2 Å². The maximum Gasteiger partial charge on any atom is 0.330 e. The Morgan fingerprint density at radius 1 is 0.947 bits per heavy atom. The quantitative estimate of drug-likeness (QED) is 0.396. The van der Waals surface area contributed by atoms with Gasteiger partial charge in [-0.3, -0.25) is 19.3 Å². The number of rotatable bonds is 6. The number of nitrogens with one attached hydrogen (secondary N) is 1. The first-order chi connectivity index (χ1) is 18.3. The van der Waals surface area contributed by atoms with Crippen LogP contribution in [0.4, 0.5) is 5.82 Å². The number of carbonyl (C=O) groups excluding carboxylic acids is 4. The van der Waals surface area contributed by atoms with Gasteiger partial charge >= 0.3 is 5.97 Å². The number of carbonyl (C=O) groups is 4. The Hall–Kier alpha value is -4.27. The Bertz CT molecular complexity index is 1360. The van der Waals surface area contributed by atoms with Crippen LogP contribution in [0.1, 0.15) is 53.7 Å². The zero-order valence-electron chi connectivity index (χ0n) is 21.2. The fourth-order valence-corrected chi connectivity index (χ4v) is 6.48. The summed E-state index contributed by atoms with van der Waals surface area (Å²) in [5.41, 5.74) is 4.24. The van der Waals surface area contributed by atoms with E-state index in [0.717, 1.165) is 27.2 Å². The van der Waals surface area contributed by atoms with Crippen molar-refractivity contribution in [3.63, 3.8) is 0 Å². The van der Waals surface area contributed by atoms with E-state index >= 15 is 0 Å². The minimum Gasteiger partial charge on any atom is -0.454 e. The molecule has 7 rings (SSSR count). The lowest BCUT2D eigenvalue weighted by Crippen LogP contribution is -2.49. The molecule has 0 unspecified atom stereocenters. The van der Waals surface area contributed by atoms with E-state index in [0.29, 0.717) is 5.76 Å². The van der Waals surface area contributed by atoms with E-state index in [1.54, 1.807) is 20.8 Å². The molecule has 2 heterocycles. The number of likely N-dealkylation sites (tertiary alicyclic amines) is 1. The number of benzene rings is 2. The van der Waals surface area contributed by atoms with Crippen molar-refractivity contribution in [2.75, 3.05) is 11.9 Å². The maximum atomic E-state index is 14.0. The number of imide groups is 1. The highest BCUT2D eigenvalue weighted by Crippen LogP contribution is 2.61. The molecule has 3 amide bonds. The highest BCUT2D eigenvalue weighted by molar-refractivity contribution is 6.10. The average molecular weight is 514 g/mol. The van der Waals surface area contributed by atoms with Gasteiger partial charge in [-0.05, 0) is 35.1 Å². The average Bonchev–Trinajstić information content (AvgIpc) is 3.43. The molecule has 0 saturated carbocycles. The highest BCUT2D eigenvalue weighted by Gasteiger charge is 2.63. The molecule has 1 saturated heterocycles. The molecule has 1 N–H and O–H groups in total. The summed E-state index contributed by atoms with van der Waals surface area (Å²) in [4.78, 5) is 54.7. The van der Waals surface area contributed by atoms with Crippen LogP contribution in [0.15, 0.2) is 59.1 Å². The van der Waals surface area contributed by atoms with Crippen molar-refractivity contribution < 1.29 is 28.4 Å². The van der Waals surface area contributed by atoms with Gasteiger partial charge in [-0.25, -0.2) is 4.79 Å². The SMILES string of the molecule is Cc1cc(NC(=O)COC(=O)[C@H](C(C)C)N2C(=O)[C@H]3C4c5ccccc5C(c5ccccc54)[C@@H]3C2=O)no1. The molecule has 3 aliphatic carbocycles. The molecule has 38 heavy (non-hydrogen) atoms. The normalized spacial score (nSPS) is 23.6. The fourth-order valence-electron chi connectivity index (χ4n) is 6.48. The van der Waals surface area contributed by atoms with Crippen LogP contribution >= 0.6 is 0 Å². The number of aryl methyl sites for hydroxylation is 1. The number of nitrogens with zero attached hydrogens (tertiary/aromatic N) is 2. The summed E-state index contributed by atoms with van der Waals surface area (Å²) < 4.78 is 10.2. The highest BCUT2D eigenvalue weighted by atomic mass is 16.5. The molecule has 4 aliphatic rings. The number of hydrogen-bond donors (Lipinski definition) is 1. The van der Waals surface area contributed by atoms with Crippen LogP contribution in [0, 0.1) is 24.7 Å². The van der Waals surface area contributed by atoms with Crippen molar-refractivity contribution in [1.82, 2.24) is 10.1 Å². The molecule has 3 aromatic rings. The largest absolute Gasteiger partial charge is 0.454 e. The first-order valence-corrected chi connectivity index (χ1v) is 12.7. The summed E-state index contributed by atoms with van der Waals surface area (Å²) in [5.74, 6) is -3.54. The predicted molar refractivity (Wildman–Crippen MR) is 135 cm³/mol. The third kappa shape index (κ3) is 3.56. The number of amides is 3. The zero-order valence-corrected chi connectivity index (χ0v) is 21.2. The number of anilines is 1. The molecular weight excluding hydrogens is 486 g/mol. The Morgan fingerprint density at radius 2 is 1.45 bits per heavy atom. The second-order valence-corrected chi connectivity index (χ2v) is 10.5. The van der Waals surface area contributed by atoms with Crippen molar-refractivity contribution in [1.29, 1.82) is 0 Å². The number of hydrogen-bond acceptors (Lipinski definition) is 7.